The highest BCUT2D eigenvalue weighted by Crippen LogP contribution is 2.20. The molecule has 0 saturated heterocycles. The van der Waals surface area contributed by atoms with Crippen molar-refractivity contribution in [1.82, 2.24) is 9.88 Å². The molecule has 2 N–H and O–H groups in total. The molecular weight excluding hydrogens is 285 g/mol. The Labute approximate surface area is 121 Å². The average Bonchev–Trinajstić information content (AvgIpc) is 2.44. The number of hydrogen-bond acceptors (Lipinski definition) is 3. The lowest BCUT2D eigenvalue weighted by Gasteiger charge is -2.19. The third kappa shape index (κ3) is 5.88. The first-order valence-electron chi connectivity index (χ1n) is 6.55. The molecule has 1 heterocycles. The van der Waals surface area contributed by atoms with Gasteiger partial charge in [0.1, 0.15) is 0 Å². The van der Waals surface area contributed by atoms with Gasteiger partial charge < -0.3 is 15.4 Å². The zero-order chi connectivity index (χ0) is 15.9. The number of nitrogens with two attached hydrogens (primary N) is 1. The van der Waals surface area contributed by atoms with Gasteiger partial charge in [-0.1, -0.05) is 6.07 Å². The van der Waals surface area contributed by atoms with E-state index in [1.54, 1.807) is 12.1 Å². The summed E-state index contributed by atoms with van der Waals surface area (Å²) >= 11 is 0. The Morgan fingerprint density at radius 1 is 1.38 bits per heavy atom. The lowest BCUT2D eigenvalue weighted by Crippen LogP contribution is -2.37. The second-order valence-electron chi connectivity index (χ2n) is 4.22. The summed E-state index contributed by atoms with van der Waals surface area (Å²) in [6, 6.07) is 3.22. The zero-order valence-electron chi connectivity index (χ0n) is 12.0. The van der Waals surface area contributed by atoms with Crippen LogP contribution in [0.25, 0.3) is 0 Å². The van der Waals surface area contributed by atoms with Crippen LogP contribution in [0.1, 0.15) is 19.4 Å². The van der Waals surface area contributed by atoms with Gasteiger partial charge in [0.15, 0.2) is 12.6 Å². The van der Waals surface area contributed by atoms with Gasteiger partial charge in [0, 0.05) is 24.8 Å². The minimum atomic E-state index is -4.40. The number of aliphatic imine (C=N–C) groups is 1. The topological polar surface area (TPSA) is 63.7 Å². The predicted molar refractivity (Wildman–Crippen MR) is 74.0 cm³/mol. The molecule has 8 heteroatoms. The summed E-state index contributed by atoms with van der Waals surface area (Å²) in [4.78, 5) is 9.80. The van der Waals surface area contributed by atoms with Gasteiger partial charge in [0.05, 0.1) is 6.54 Å². The van der Waals surface area contributed by atoms with E-state index in [9.17, 15) is 13.2 Å². The molecule has 0 amide bonds. The lowest BCUT2D eigenvalue weighted by molar-refractivity contribution is -0.154. The molecular formula is C13H19F3N4O. The van der Waals surface area contributed by atoms with E-state index in [-0.39, 0.29) is 12.4 Å². The molecule has 0 unspecified atom stereocenters. The second kappa shape index (κ2) is 7.70. The van der Waals surface area contributed by atoms with Gasteiger partial charge in [-0.3, -0.25) is 0 Å². The van der Waals surface area contributed by atoms with Crippen molar-refractivity contribution >= 4 is 5.96 Å². The van der Waals surface area contributed by atoms with E-state index in [2.05, 4.69) is 14.7 Å². The maximum absolute atomic E-state index is 12.2. The molecule has 0 aromatic carbocycles. The van der Waals surface area contributed by atoms with Gasteiger partial charge in [-0.15, -0.1) is 0 Å². The van der Waals surface area contributed by atoms with Crippen molar-refractivity contribution in [3.05, 3.63) is 23.9 Å². The lowest BCUT2D eigenvalue weighted by atomic mass is 10.3. The van der Waals surface area contributed by atoms with Crippen molar-refractivity contribution in [2.75, 3.05) is 19.7 Å². The van der Waals surface area contributed by atoms with Crippen LogP contribution in [0.4, 0.5) is 13.2 Å². The number of rotatable bonds is 6. The molecule has 0 aliphatic heterocycles. The fraction of sp³-hybridized carbons (Fsp3) is 0.538. The van der Waals surface area contributed by atoms with Crippen LogP contribution < -0.4 is 10.5 Å². The SMILES string of the molecule is CCN(CC)C(N)=NCc1cccnc1OCC(F)(F)F. The van der Waals surface area contributed by atoms with Crippen molar-refractivity contribution in [2.45, 2.75) is 26.6 Å². The molecule has 21 heavy (non-hydrogen) atoms. The maximum Gasteiger partial charge on any atom is 0.422 e. The molecule has 1 rings (SSSR count). The summed E-state index contributed by atoms with van der Waals surface area (Å²) in [7, 11) is 0. The third-order valence-corrected chi connectivity index (χ3v) is 2.72. The first-order valence-corrected chi connectivity index (χ1v) is 6.55. The zero-order valence-corrected chi connectivity index (χ0v) is 12.0. The van der Waals surface area contributed by atoms with Crippen molar-refractivity contribution in [3.8, 4) is 5.88 Å². The van der Waals surface area contributed by atoms with Crippen LogP contribution in [0, 0.1) is 0 Å². The summed E-state index contributed by atoms with van der Waals surface area (Å²) in [5.74, 6) is 0.261. The standard InChI is InChI=1S/C13H19F3N4O/c1-3-20(4-2)12(17)19-8-10-6-5-7-18-11(10)21-9-13(14,15)16/h5-7H,3-4,8-9H2,1-2H3,(H2,17,19). The Kier molecular flexibility index (Phi) is 6.26. The van der Waals surface area contributed by atoms with E-state index in [4.69, 9.17) is 5.73 Å². The van der Waals surface area contributed by atoms with Gasteiger partial charge in [0.25, 0.3) is 0 Å². The number of alkyl halides is 3. The smallest absolute Gasteiger partial charge is 0.422 e. The summed E-state index contributed by atoms with van der Waals surface area (Å²) in [6.45, 7) is 4.02. The summed E-state index contributed by atoms with van der Waals surface area (Å²) in [6.07, 6.45) is -3.04. The molecule has 0 aliphatic rings. The molecule has 1 aromatic rings. The van der Waals surface area contributed by atoms with Crippen LogP contribution in [0.3, 0.4) is 0 Å². The molecule has 0 fully saturated rings. The minimum Gasteiger partial charge on any atom is -0.468 e. The van der Waals surface area contributed by atoms with Crippen LogP contribution in [0.2, 0.25) is 0 Å². The molecule has 0 aliphatic carbocycles. The average molecular weight is 304 g/mol. The Morgan fingerprint density at radius 2 is 2.05 bits per heavy atom. The summed E-state index contributed by atoms with van der Waals surface area (Å²) in [5.41, 5.74) is 6.27. The van der Waals surface area contributed by atoms with Crippen LogP contribution in [0.5, 0.6) is 5.88 Å². The Bertz CT molecular complexity index is 473. The van der Waals surface area contributed by atoms with Crippen molar-refractivity contribution in [1.29, 1.82) is 0 Å². The number of aromatic nitrogens is 1. The van der Waals surface area contributed by atoms with E-state index in [1.165, 1.54) is 6.20 Å². The fourth-order valence-electron chi connectivity index (χ4n) is 1.64. The van der Waals surface area contributed by atoms with E-state index in [0.717, 1.165) is 0 Å². The molecule has 118 valence electrons. The molecule has 0 atom stereocenters. The fourth-order valence-corrected chi connectivity index (χ4v) is 1.64. The van der Waals surface area contributed by atoms with Crippen LogP contribution in [0.15, 0.2) is 23.3 Å². The quantitative estimate of drug-likeness (QED) is 0.646. The number of ether oxygens (including phenoxy) is 1. The highest BCUT2D eigenvalue weighted by molar-refractivity contribution is 5.78. The van der Waals surface area contributed by atoms with Gasteiger partial charge in [-0.2, -0.15) is 13.2 Å². The van der Waals surface area contributed by atoms with Crippen molar-refractivity contribution in [3.63, 3.8) is 0 Å². The van der Waals surface area contributed by atoms with Crippen LogP contribution >= 0.6 is 0 Å². The molecule has 0 bridgehead atoms. The van der Waals surface area contributed by atoms with Crippen LogP contribution in [-0.4, -0.2) is 41.7 Å². The number of hydrogen-bond donors (Lipinski definition) is 1. The van der Waals surface area contributed by atoms with E-state index in [1.807, 2.05) is 18.7 Å². The number of guanidine groups is 1. The van der Waals surface area contributed by atoms with Gasteiger partial charge in [-0.25, -0.2) is 9.98 Å². The first-order chi connectivity index (χ1) is 9.87. The van der Waals surface area contributed by atoms with Gasteiger partial charge >= 0.3 is 6.18 Å². The highest BCUT2D eigenvalue weighted by atomic mass is 19.4. The predicted octanol–water partition coefficient (Wildman–Crippen LogP) is 2.18. The monoisotopic (exact) mass is 304 g/mol. The third-order valence-electron chi connectivity index (χ3n) is 2.72. The molecule has 0 radical (unpaired) electrons. The van der Waals surface area contributed by atoms with Crippen LogP contribution in [-0.2, 0) is 6.54 Å². The van der Waals surface area contributed by atoms with Crippen molar-refractivity contribution < 1.29 is 17.9 Å². The first kappa shape index (κ1) is 17.1. The van der Waals surface area contributed by atoms with E-state index in [0.29, 0.717) is 24.6 Å². The Balaban J connectivity index is 2.77. The Hall–Kier alpha value is -1.99. The van der Waals surface area contributed by atoms with Gasteiger partial charge in [0.2, 0.25) is 5.88 Å². The molecule has 1 aromatic heterocycles. The highest BCUT2D eigenvalue weighted by Gasteiger charge is 2.29. The molecule has 0 spiro atoms. The summed E-state index contributed by atoms with van der Waals surface area (Å²) in [5, 5.41) is 0. The van der Waals surface area contributed by atoms with Crippen molar-refractivity contribution in [2.24, 2.45) is 10.7 Å². The normalized spacial score (nSPS) is 12.3. The van der Waals surface area contributed by atoms with Gasteiger partial charge in [-0.05, 0) is 19.9 Å². The second-order valence-corrected chi connectivity index (χ2v) is 4.22. The maximum atomic E-state index is 12.2. The number of nitrogens with zero attached hydrogens (tertiary/aromatic N) is 3. The van der Waals surface area contributed by atoms with E-state index >= 15 is 0 Å². The molecule has 5 nitrogen and oxygen atoms in total. The number of pyridine rings is 1. The molecule has 0 saturated carbocycles. The Morgan fingerprint density at radius 3 is 2.62 bits per heavy atom. The largest absolute Gasteiger partial charge is 0.468 e. The van der Waals surface area contributed by atoms with E-state index < -0.39 is 12.8 Å². The minimum absolute atomic E-state index is 0.0779. The summed E-state index contributed by atoms with van der Waals surface area (Å²) < 4.78 is 41.2. The number of halogens is 3.